The molecule has 0 fully saturated rings. The minimum atomic E-state index is -0.304. The Balaban J connectivity index is 2.63. The Bertz CT molecular complexity index is 518. The number of rotatable bonds is 1. The summed E-state index contributed by atoms with van der Waals surface area (Å²) >= 11 is 1.99. The van der Waals surface area contributed by atoms with Crippen molar-refractivity contribution >= 4 is 22.6 Å². The molecule has 2 aromatic rings. The lowest BCUT2D eigenvalue weighted by Gasteiger charge is -2.03. The van der Waals surface area contributed by atoms with Crippen LogP contribution in [0.25, 0.3) is 5.69 Å². The maximum atomic E-state index is 12.8. The van der Waals surface area contributed by atoms with Crippen molar-refractivity contribution in [3.63, 3.8) is 0 Å². The highest BCUT2D eigenvalue weighted by molar-refractivity contribution is 14.1. The van der Waals surface area contributed by atoms with Crippen LogP contribution in [0.3, 0.4) is 0 Å². The first-order chi connectivity index (χ1) is 6.68. The molecule has 3 nitrogen and oxygen atoms in total. The van der Waals surface area contributed by atoms with Crippen molar-refractivity contribution < 1.29 is 4.39 Å². The lowest BCUT2D eigenvalue weighted by molar-refractivity contribution is 0.626. The number of aromatic amines is 1. The van der Waals surface area contributed by atoms with Gasteiger partial charge in [0.1, 0.15) is 5.82 Å². The normalized spacial score (nSPS) is 10.4. The number of benzene rings is 1. The van der Waals surface area contributed by atoms with Crippen molar-refractivity contribution in [2.75, 3.05) is 0 Å². The summed E-state index contributed by atoms with van der Waals surface area (Å²) in [6.07, 6.45) is 3.15. The number of halogens is 2. The minimum absolute atomic E-state index is 0.227. The van der Waals surface area contributed by atoms with Crippen LogP contribution < -0.4 is 5.69 Å². The van der Waals surface area contributed by atoms with E-state index in [0.717, 1.165) is 0 Å². The molecule has 5 heteroatoms. The quantitative estimate of drug-likeness (QED) is 0.803. The SMILES string of the molecule is O=c1[nH]ccn1-c1ccc(F)cc1I. The van der Waals surface area contributed by atoms with E-state index in [-0.39, 0.29) is 11.5 Å². The summed E-state index contributed by atoms with van der Waals surface area (Å²) in [5.41, 5.74) is 0.452. The molecular weight excluding hydrogens is 298 g/mol. The van der Waals surface area contributed by atoms with Gasteiger partial charge in [0.15, 0.2) is 0 Å². The summed E-state index contributed by atoms with van der Waals surface area (Å²) in [5, 5.41) is 0. The molecule has 0 radical (unpaired) electrons. The van der Waals surface area contributed by atoms with Crippen LogP contribution in [0, 0.1) is 9.39 Å². The average Bonchev–Trinajstić information content (AvgIpc) is 2.52. The van der Waals surface area contributed by atoms with Gasteiger partial charge in [-0.2, -0.15) is 0 Å². The molecule has 14 heavy (non-hydrogen) atoms. The summed E-state index contributed by atoms with van der Waals surface area (Å²) in [7, 11) is 0. The first-order valence-corrected chi connectivity index (χ1v) is 4.98. The summed E-state index contributed by atoms with van der Waals surface area (Å²) in [5.74, 6) is -0.304. The second-order valence-electron chi connectivity index (χ2n) is 2.73. The molecule has 1 N–H and O–H groups in total. The zero-order chi connectivity index (χ0) is 10.1. The molecular formula is C9H6FIN2O. The van der Waals surface area contributed by atoms with Crippen molar-refractivity contribution in [3.05, 3.63) is 50.5 Å². The highest BCUT2D eigenvalue weighted by atomic mass is 127. The van der Waals surface area contributed by atoms with E-state index >= 15 is 0 Å². The standard InChI is InChI=1S/C9H6FIN2O/c10-6-1-2-8(7(11)5-6)13-4-3-12-9(13)14/h1-5H,(H,12,14). The Kier molecular flexibility index (Phi) is 2.40. The zero-order valence-corrected chi connectivity index (χ0v) is 9.16. The van der Waals surface area contributed by atoms with Gasteiger partial charge in [-0.1, -0.05) is 0 Å². The van der Waals surface area contributed by atoms with Crippen LogP contribution in [0.2, 0.25) is 0 Å². The maximum absolute atomic E-state index is 12.8. The third-order valence-electron chi connectivity index (χ3n) is 1.82. The Morgan fingerprint density at radius 1 is 1.43 bits per heavy atom. The van der Waals surface area contributed by atoms with Gasteiger partial charge in [-0.05, 0) is 40.8 Å². The van der Waals surface area contributed by atoms with Crippen molar-refractivity contribution in [2.45, 2.75) is 0 Å². The highest BCUT2D eigenvalue weighted by Gasteiger charge is 2.05. The predicted octanol–water partition coefficient (Wildman–Crippen LogP) is 1.91. The molecule has 2 rings (SSSR count). The van der Waals surface area contributed by atoms with E-state index in [1.807, 2.05) is 22.6 Å². The van der Waals surface area contributed by atoms with E-state index in [1.165, 1.54) is 16.7 Å². The third-order valence-corrected chi connectivity index (χ3v) is 2.68. The Morgan fingerprint density at radius 3 is 2.79 bits per heavy atom. The number of hydrogen-bond donors (Lipinski definition) is 1. The molecule has 0 saturated carbocycles. The molecule has 0 amide bonds. The lowest BCUT2D eigenvalue weighted by atomic mass is 10.3. The van der Waals surface area contributed by atoms with Gasteiger partial charge in [-0.15, -0.1) is 0 Å². The Hall–Kier alpha value is -1.11. The highest BCUT2D eigenvalue weighted by Crippen LogP contribution is 2.16. The summed E-state index contributed by atoms with van der Waals surface area (Å²) < 4.78 is 14.9. The van der Waals surface area contributed by atoms with Crippen LogP contribution in [-0.2, 0) is 0 Å². The fraction of sp³-hybridized carbons (Fsp3) is 0. The fourth-order valence-electron chi connectivity index (χ4n) is 1.19. The molecule has 0 aliphatic rings. The van der Waals surface area contributed by atoms with E-state index < -0.39 is 0 Å². The van der Waals surface area contributed by atoms with Crippen LogP contribution in [0.5, 0.6) is 0 Å². The number of aromatic nitrogens is 2. The van der Waals surface area contributed by atoms with Crippen LogP contribution in [0.4, 0.5) is 4.39 Å². The molecule has 0 saturated heterocycles. The van der Waals surface area contributed by atoms with Crippen molar-refractivity contribution in [1.29, 1.82) is 0 Å². The Labute approximate surface area is 92.7 Å². The molecule has 1 aromatic carbocycles. The second-order valence-corrected chi connectivity index (χ2v) is 3.89. The van der Waals surface area contributed by atoms with Gasteiger partial charge in [0, 0.05) is 16.0 Å². The topological polar surface area (TPSA) is 37.8 Å². The van der Waals surface area contributed by atoms with Gasteiger partial charge in [-0.3, -0.25) is 4.57 Å². The first kappa shape index (κ1) is 9.45. The van der Waals surface area contributed by atoms with Crippen molar-refractivity contribution in [3.8, 4) is 5.69 Å². The number of imidazole rings is 1. The fourth-order valence-corrected chi connectivity index (χ4v) is 1.92. The maximum Gasteiger partial charge on any atom is 0.330 e. The number of nitrogens with zero attached hydrogens (tertiary/aromatic N) is 1. The van der Waals surface area contributed by atoms with E-state index in [2.05, 4.69) is 4.98 Å². The molecule has 0 spiro atoms. The van der Waals surface area contributed by atoms with Gasteiger partial charge in [0.05, 0.1) is 5.69 Å². The van der Waals surface area contributed by atoms with E-state index in [1.54, 1.807) is 18.5 Å². The molecule has 0 aliphatic carbocycles. The molecule has 72 valence electrons. The molecule has 1 heterocycles. The molecule has 0 aliphatic heterocycles. The van der Waals surface area contributed by atoms with Crippen molar-refractivity contribution in [1.82, 2.24) is 9.55 Å². The number of nitrogens with one attached hydrogen (secondary N) is 1. The van der Waals surface area contributed by atoms with Crippen LogP contribution in [0.15, 0.2) is 35.4 Å². The largest absolute Gasteiger partial charge is 0.330 e. The van der Waals surface area contributed by atoms with Gasteiger partial charge >= 0.3 is 5.69 Å². The third kappa shape index (κ3) is 1.59. The molecule has 0 atom stereocenters. The zero-order valence-electron chi connectivity index (χ0n) is 7.00. The molecule has 1 aromatic heterocycles. The number of H-pyrrole nitrogens is 1. The van der Waals surface area contributed by atoms with Crippen LogP contribution in [-0.4, -0.2) is 9.55 Å². The van der Waals surface area contributed by atoms with E-state index in [4.69, 9.17) is 0 Å². The minimum Gasteiger partial charge on any atom is -0.312 e. The van der Waals surface area contributed by atoms with Gasteiger partial charge in [-0.25, -0.2) is 9.18 Å². The monoisotopic (exact) mass is 304 g/mol. The van der Waals surface area contributed by atoms with Gasteiger partial charge in [0.25, 0.3) is 0 Å². The molecule has 0 bridgehead atoms. The predicted molar refractivity (Wildman–Crippen MR) is 59.1 cm³/mol. The summed E-state index contributed by atoms with van der Waals surface area (Å²) in [6, 6.07) is 4.29. The Morgan fingerprint density at radius 2 is 2.21 bits per heavy atom. The summed E-state index contributed by atoms with van der Waals surface area (Å²) in [6.45, 7) is 0. The second kappa shape index (κ2) is 3.56. The van der Waals surface area contributed by atoms with E-state index in [0.29, 0.717) is 9.26 Å². The van der Waals surface area contributed by atoms with Gasteiger partial charge < -0.3 is 4.98 Å². The van der Waals surface area contributed by atoms with Crippen LogP contribution in [0.1, 0.15) is 0 Å². The lowest BCUT2D eigenvalue weighted by Crippen LogP contribution is -2.15. The van der Waals surface area contributed by atoms with Crippen molar-refractivity contribution in [2.24, 2.45) is 0 Å². The van der Waals surface area contributed by atoms with Crippen LogP contribution >= 0.6 is 22.6 Å². The summed E-state index contributed by atoms with van der Waals surface area (Å²) in [4.78, 5) is 13.8. The van der Waals surface area contributed by atoms with Gasteiger partial charge in [0.2, 0.25) is 0 Å². The average molecular weight is 304 g/mol. The smallest absolute Gasteiger partial charge is 0.312 e. The number of hydrogen-bond acceptors (Lipinski definition) is 1. The molecule has 0 unspecified atom stereocenters. The first-order valence-electron chi connectivity index (χ1n) is 3.90. The van der Waals surface area contributed by atoms with E-state index in [9.17, 15) is 9.18 Å².